The van der Waals surface area contributed by atoms with Crippen molar-refractivity contribution in [2.45, 2.75) is 39.8 Å². The average molecular weight is 222 g/mol. The van der Waals surface area contributed by atoms with Gasteiger partial charge in [-0.3, -0.25) is 4.79 Å². The van der Waals surface area contributed by atoms with Gasteiger partial charge in [0.2, 0.25) is 0 Å². The van der Waals surface area contributed by atoms with E-state index < -0.39 is 0 Å². The standard InChI is InChI=1S/C11H18N4O/c1-7(2)14-10-6-12-9(5-13-10)11(16)15-8(3)4/h5-8H,1-4H3,(H,13,14)(H,15,16). The number of rotatable bonds is 4. The van der Waals surface area contributed by atoms with Crippen molar-refractivity contribution in [3.05, 3.63) is 18.1 Å². The summed E-state index contributed by atoms with van der Waals surface area (Å²) in [6.07, 6.45) is 3.04. The maximum atomic E-state index is 11.6. The number of aromatic nitrogens is 2. The molecule has 88 valence electrons. The van der Waals surface area contributed by atoms with Gasteiger partial charge in [0.15, 0.2) is 0 Å². The van der Waals surface area contributed by atoms with E-state index in [1.807, 2.05) is 27.7 Å². The van der Waals surface area contributed by atoms with E-state index >= 15 is 0 Å². The molecule has 0 saturated carbocycles. The van der Waals surface area contributed by atoms with E-state index in [0.29, 0.717) is 17.6 Å². The molecule has 1 rings (SSSR count). The van der Waals surface area contributed by atoms with Gasteiger partial charge in [-0.25, -0.2) is 9.97 Å². The summed E-state index contributed by atoms with van der Waals surface area (Å²) < 4.78 is 0. The first-order valence-corrected chi connectivity index (χ1v) is 5.38. The number of carbonyl (C=O) groups is 1. The molecule has 0 radical (unpaired) electrons. The second-order valence-corrected chi connectivity index (χ2v) is 4.21. The number of anilines is 1. The highest BCUT2D eigenvalue weighted by Crippen LogP contribution is 2.03. The van der Waals surface area contributed by atoms with Crippen molar-refractivity contribution in [3.8, 4) is 0 Å². The molecule has 0 aliphatic carbocycles. The summed E-state index contributed by atoms with van der Waals surface area (Å²) in [5.41, 5.74) is 0.336. The van der Waals surface area contributed by atoms with E-state index in [1.54, 1.807) is 6.20 Å². The number of nitrogens with zero attached hydrogens (tertiary/aromatic N) is 2. The Bertz CT molecular complexity index is 346. The lowest BCUT2D eigenvalue weighted by Gasteiger charge is -2.10. The highest BCUT2D eigenvalue weighted by molar-refractivity contribution is 5.92. The molecule has 0 aliphatic rings. The quantitative estimate of drug-likeness (QED) is 0.808. The largest absolute Gasteiger partial charge is 0.367 e. The molecule has 5 nitrogen and oxygen atoms in total. The minimum absolute atomic E-state index is 0.0998. The van der Waals surface area contributed by atoms with E-state index in [2.05, 4.69) is 20.6 Å². The van der Waals surface area contributed by atoms with Crippen LogP contribution in [0.4, 0.5) is 5.82 Å². The van der Waals surface area contributed by atoms with Crippen molar-refractivity contribution in [1.29, 1.82) is 0 Å². The number of hydrogen-bond donors (Lipinski definition) is 2. The van der Waals surface area contributed by atoms with Crippen LogP contribution in [-0.2, 0) is 0 Å². The Kier molecular flexibility index (Phi) is 4.22. The van der Waals surface area contributed by atoms with Crippen LogP contribution in [0.5, 0.6) is 0 Å². The summed E-state index contributed by atoms with van der Waals surface area (Å²) in [6.45, 7) is 7.84. The van der Waals surface area contributed by atoms with E-state index in [-0.39, 0.29) is 11.9 Å². The van der Waals surface area contributed by atoms with Gasteiger partial charge in [-0.1, -0.05) is 0 Å². The topological polar surface area (TPSA) is 66.9 Å². The van der Waals surface area contributed by atoms with Gasteiger partial charge in [-0.2, -0.15) is 0 Å². The highest BCUT2D eigenvalue weighted by atomic mass is 16.1. The average Bonchev–Trinajstić information content (AvgIpc) is 2.16. The lowest BCUT2D eigenvalue weighted by Crippen LogP contribution is -2.30. The maximum absolute atomic E-state index is 11.6. The molecule has 0 aromatic carbocycles. The molecule has 0 bridgehead atoms. The van der Waals surface area contributed by atoms with Gasteiger partial charge in [-0.15, -0.1) is 0 Å². The predicted octanol–water partition coefficient (Wildman–Crippen LogP) is 1.44. The molecule has 16 heavy (non-hydrogen) atoms. The van der Waals surface area contributed by atoms with Crippen molar-refractivity contribution < 1.29 is 4.79 Å². The molecule has 1 aromatic rings. The Hall–Kier alpha value is -1.65. The first-order valence-electron chi connectivity index (χ1n) is 5.38. The minimum atomic E-state index is -0.196. The molecule has 1 aromatic heterocycles. The molecule has 5 heteroatoms. The highest BCUT2D eigenvalue weighted by Gasteiger charge is 2.08. The van der Waals surface area contributed by atoms with Crippen molar-refractivity contribution in [2.75, 3.05) is 5.32 Å². The Morgan fingerprint density at radius 3 is 2.25 bits per heavy atom. The third kappa shape index (κ3) is 3.84. The van der Waals surface area contributed by atoms with E-state index in [4.69, 9.17) is 0 Å². The third-order valence-electron chi connectivity index (χ3n) is 1.74. The van der Waals surface area contributed by atoms with Crippen LogP contribution in [0, 0.1) is 0 Å². The zero-order chi connectivity index (χ0) is 12.1. The molecule has 0 aliphatic heterocycles. The Morgan fingerprint density at radius 1 is 1.12 bits per heavy atom. The lowest BCUT2D eigenvalue weighted by atomic mass is 10.3. The van der Waals surface area contributed by atoms with Crippen LogP contribution < -0.4 is 10.6 Å². The number of amides is 1. The SMILES string of the molecule is CC(C)NC(=O)c1cnc(NC(C)C)cn1. The van der Waals surface area contributed by atoms with Gasteiger partial charge in [0, 0.05) is 12.1 Å². The predicted molar refractivity (Wildman–Crippen MR) is 63.4 cm³/mol. The second kappa shape index (κ2) is 5.44. The maximum Gasteiger partial charge on any atom is 0.271 e. The number of hydrogen-bond acceptors (Lipinski definition) is 4. The van der Waals surface area contributed by atoms with Crippen LogP contribution in [0.25, 0.3) is 0 Å². The molecule has 1 amide bonds. The molecule has 0 spiro atoms. The van der Waals surface area contributed by atoms with Crippen LogP contribution >= 0.6 is 0 Å². The van der Waals surface area contributed by atoms with Crippen LogP contribution in [0.2, 0.25) is 0 Å². The van der Waals surface area contributed by atoms with Gasteiger partial charge >= 0.3 is 0 Å². The zero-order valence-corrected chi connectivity index (χ0v) is 10.1. The fourth-order valence-corrected chi connectivity index (χ4v) is 1.15. The summed E-state index contributed by atoms with van der Waals surface area (Å²) in [7, 11) is 0. The summed E-state index contributed by atoms with van der Waals surface area (Å²) >= 11 is 0. The van der Waals surface area contributed by atoms with E-state index in [1.165, 1.54) is 6.20 Å². The minimum Gasteiger partial charge on any atom is -0.367 e. The Morgan fingerprint density at radius 2 is 1.81 bits per heavy atom. The molecular formula is C11H18N4O. The molecule has 0 fully saturated rings. The van der Waals surface area contributed by atoms with Gasteiger partial charge in [0.1, 0.15) is 11.5 Å². The molecular weight excluding hydrogens is 204 g/mol. The van der Waals surface area contributed by atoms with Crippen molar-refractivity contribution in [1.82, 2.24) is 15.3 Å². The number of nitrogens with one attached hydrogen (secondary N) is 2. The van der Waals surface area contributed by atoms with Gasteiger partial charge < -0.3 is 10.6 Å². The van der Waals surface area contributed by atoms with Gasteiger partial charge in [0.25, 0.3) is 5.91 Å². The third-order valence-corrected chi connectivity index (χ3v) is 1.74. The van der Waals surface area contributed by atoms with Crippen LogP contribution in [-0.4, -0.2) is 28.0 Å². The summed E-state index contributed by atoms with van der Waals surface area (Å²) in [5, 5.41) is 5.86. The molecule has 2 N–H and O–H groups in total. The lowest BCUT2D eigenvalue weighted by molar-refractivity contribution is 0.0937. The van der Waals surface area contributed by atoms with Gasteiger partial charge in [0.05, 0.1) is 12.4 Å². The fourth-order valence-electron chi connectivity index (χ4n) is 1.15. The van der Waals surface area contributed by atoms with Crippen LogP contribution in [0.3, 0.4) is 0 Å². The second-order valence-electron chi connectivity index (χ2n) is 4.21. The summed E-state index contributed by atoms with van der Waals surface area (Å²) in [6, 6.07) is 0.396. The molecule has 1 heterocycles. The Labute approximate surface area is 95.7 Å². The summed E-state index contributed by atoms with van der Waals surface area (Å²) in [4.78, 5) is 19.7. The normalized spacial score (nSPS) is 10.6. The molecule has 0 atom stereocenters. The smallest absolute Gasteiger partial charge is 0.271 e. The zero-order valence-electron chi connectivity index (χ0n) is 10.1. The molecule has 0 unspecified atom stereocenters. The van der Waals surface area contributed by atoms with Gasteiger partial charge in [-0.05, 0) is 27.7 Å². The van der Waals surface area contributed by atoms with Crippen molar-refractivity contribution in [2.24, 2.45) is 0 Å². The first-order chi connectivity index (χ1) is 7.49. The monoisotopic (exact) mass is 222 g/mol. The van der Waals surface area contributed by atoms with Crippen molar-refractivity contribution >= 4 is 11.7 Å². The summed E-state index contributed by atoms with van der Waals surface area (Å²) in [5.74, 6) is 0.481. The molecule has 0 saturated heterocycles. The van der Waals surface area contributed by atoms with Crippen LogP contribution in [0.15, 0.2) is 12.4 Å². The Balaban J connectivity index is 2.67. The number of carbonyl (C=O) groups excluding carboxylic acids is 1. The van der Waals surface area contributed by atoms with E-state index in [9.17, 15) is 4.79 Å². The van der Waals surface area contributed by atoms with E-state index in [0.717, 1.165) is 0 Å². The van der Waals surface area contributed by atoms with Crippen molar-refractivity contribution in [3.63, 3.8) is 0 Å². The first kappa shape index (κ1) is 12.4. The van der Waals surface area contributed by atoms with Crippen LogP contribution in [0.1, 0.15) is 38.2 Å². The fraction of sp³-hybridized carbons (Fsp3) is 0.545.